The van der Waals surface area contributed by atoms with Crippen molar-refractivity contribution >= 4 is 11.7 Å². The summed E-state index contributed by atoms with van der Waals surface area (Å²) in [4.78, 5) is 14.8. The van der Waals surface area contributed by atoms with E-state index in [1.54, 1.807) is 6.92 Å². The molecule has 0 radical (unpaired) electrons. The van der Waals surface area contributed by atoms with Gasteiger partial charge in [-0.3, -0.25) is 4.79 Å². The van der Waals surface area contributed by atoms with Crippen LogP contribution in [0.4, 0.5) is 0 Å². The largest absolute Gasteiger partial charge is 0.386 e. The van der Waals surface area contributed by atoms with Crippen LogP contribution < -0.4 is 5.73 Å². The van der Waals surface area contributed by atoms with Crippen molar-refractivity contribution in [3.05, 3.63) is 0 Å². The van der Waals surface area contributed by atoms with Crippen LogP contribution in [0.3, 0.4) is 0 Å². The number of nitrogens with two attached hydrogens (primary N) is 1. The van der Waals surface area contributed by atoms with E-state index >= 15 is 0 Å². The minimum atomic E-state index is -1.29. The van der Waals surface area contributed by atoms with Crippen LogP contribution in [0, 0.1) is 39.4 Å². The molecule has 5 nitrogen and oxygen atoms in total. The molecule has 2 N–H and O–H groups in total. The van der Waals surface area contributed by atoms with E-state index in [1.807, 2.05) is 12.1 Å². The van der Waals surface area contributed by atoms with Gasteiger partial charge >= 0.3 is 0 Å². The zero-order valence-electron chi connectivity index (χ0n) is 6.90. The normalized spacial score (nSPS) is 45.9. The number of aliphatic imine (C=N–C) groups is 1. The molecule has 1 amide bonds. The van der Waals surface area contributed by atoms with Crippen LogP contribution in [0.1, 0.15) is 6.92 Å². The fraction of sp³-hybridized carbons (Fsp3) is 0.500. The zero-order valence-corrected chi connectivity index (χ0v) is 6.90. The van der Waals surface area contributed by atoms with Crippen LogP contribution in [0.2, 0.25) is 0 Å². The lowest BCUT2D eigenvalue weighted by molar-refractivity contribution is -0.121. The fourth-order valence-electron chi connectivity index (χ4n) is 2.20. The van der Waals surface area contributed by atoms with E-state index in [9.17, 15) is 4.79 Å². The van der Waals surface area contributed by atoms with Gasteiger partial charge < -0.3 is 5.73 Å². The molecule has 2 rings (SSSR count). The Kier molecular flexibility index (Phi) is 1.03. The first-order chi connectivity index (χ1) is 6.07. The number of nitrogens with zero attached hydrogens (tertiary/aromatic N) is 3. The predicted molar refractivity (Wildman–Crippen MR) is 41.9 cm³/mol. The van der Waals surface area contributed by atoms with Crippen molar-refractivity contribution in [2.45, 2.75) is 6.92 Å². The Morgan fingerprint density at radius 3 is 2.31 bits per heavy atom. The highest BCUT2D eigenvalue weighted by molar-refractivity contribution is 6.16. The summed E-state index contributed by atoms with van der Waals surface area (Å²) in [5, 5.41) is 17.8. The first kappa shape index (κ1) is 7.75. The summed E-state index contributed by atoms with van der Waals surface area (Å²) in [5.41, 5.74) is 3.04. The van der Waals surface area contributed by atoms with Crippen LogP contribution in [-0.2, 0) is 4.79 Å². The van der Waals surface area contributed by atoms with Crippen LogP contribution >= 0.6 is 0 Å². The first-order valence-electron chi connectivity index (χ1n) is 3.79. The van der Waals surface area contributed by atoms with E-state index in [1.165, 1.54) is 0 Å². The average Bonchev–Trinajstić information content (AvgIpc) is 2.56. The molecule has 1 saturated carbocycles. The smallest absolute Gasteiger partial charge is 0.270 e. The van der Waals surface area contributed by atoms with Crippen molar-refractivity contribution in [3.63, 3.8) is 0 Å². The molecule has 0 aromatic heterocycles. The van der Waals surface area contributed by atoms with Crippen LogP contribution in [0.25, 0.3) is 0 Å². The topological polar surface area (TPSA) is 103 Å². The van der Waals surface area contributed by atoms with E-state index < -0.39 is 16.7 Å². The van der Waals surface area contributed by atoms with Gasteiger partial charge in [0.25, 0.3) is 5.91 Å². The van der Waals surface area contributed by atoms with Gasteiger partial charge in [0.1, 0.15) is 11.3 Å². The Balaban J connectivity index is 2.66. The molecular weight excluding hydrogens is 168 g/mol. The summed E-state index contributed by atoms with van der Waals surface area (Å²) in [6.07, 6.45) is 0. The monoisotopic (exact) mass is 174 g/mol. The van der Waals surface area contributed by atoms with E-state index in [-0.39, 0.29) is 11.8 Å². The molecule has 0 saturated heterocycles. The molecule has 5 heteroatoms. The highest BCUT2D eigenvalue weighted by atomic mass is 16.2. The second-order valence-corrected chi connectivity index (χ2v) is 3.36. The minimum Gasteiger partial charge on any atom is -0.386 e. The SMILES string of the molecule is C[C@H]1[C@@]2(C#N)C(=O)N=C(N)[C@]12C#N. The van der Waals surface area contributed by atoms with E-state index in [0.717, 1.165) is 0 Å². The molecule has 1 aliphatic heterocycles. The summed E-state index contributed by atoms with van der Waals surface area (Å²) in [5.74, 6) is -0.907. The third-order valence-electron chi connectivity index (χ3n) is 3.15. The zero-order chi connectivity index (χ0) is 9.85. The Morgan fingerprint density at radius 2 is 2.00 bits per heavy atom. The molecule has 0 aromatic rings. The maximum atomic E-state index is 11.3. The second kappa shape index (κ2) is 1.72. The molecule has 3 atom stereocenters. The number of fused-ring (bicyclic) bond motifs is 1. The van der Waals surface area contributed by atoms with Crippen molar-refractivity contribution in [3.8, 4) is 12.1 Å². The van der Waals surface area contributed by atoms with Gasteiger partial charge in [-0.25, -0.2) is 0 Å². The maximum Gasteiger partial charge on any atom is 0.270 e. The Hall–Kier alpha value is -1.88. The van der Waals surface area contributed by atoms with Gasteiger partial charge in [0, 0.05) is 5.92 Å². The van der Waals surface area contributed by atoms with Gasteiger partial charge in [0.2, 0.25) is 0 Å². The molecule has 13 heavy (non-hydrogen) atoms. The van der Waals surface area contributed by atoms with Crippen molar-refractivity contribution in [1.29, 1.82) is 10.5 Å². The molecule has 1 heterocycles. The Labute approximate surface area is 74.5 Å². The fourth-order valence-corrected chi connectivity index (χ4v) is 2.20. The number of carbonyl (C=O) groups is 1. The molecule has 0 aromatic carbocycles. The maximum absolute atomic E-state index is 11.3. The van der Waals surface area contributed by atoms with Gasteiger partial charge in [0.15, 0.2) is 5.41 Å². The number of nitriles is 2. The Morgan fingerprint density at radius 1 is 1.46 bits per heavy atom. The number of rotatable bonds is 0. The number of amidine groups is 1. The van der Waals surface area contributed by atoms with Crippen LogP contribution in [0.5, 0.6) is 0 Å². The lowest BCUT2D eigenvalue weighted by Crippen LogP contribution is -2.25. The summed E-state index contributed by atoms with van der Waals surface area (Å²) < 4.78 is 0. The quantitative estimate of drug-likeness (QED) is 0.537. The average molecular weight is 174 g/mol. The summed E-state index contributed by atoms with van der Waals surface area (Å²) in [7, 11) is 0. The molecule has 0 spiro atoms. The van der Waals surface area contributed by atoms with Crippen molar-refractivity contribution in [2.24, 2.45) is 27.5 Å². The third kappa shape index (κ3) is 0.436. The Bertz CT molecular complexity index is 426. The van der Waals surface area contributed by atoms with Gasteiger partial charge in [-0.15, -0.1) is 0 Å². The third-order valence-corrected chi connectivity index (χ3v) is 3.15. The van der Waals surface area contributed by atoms with Gasteiger partial charge in [0.05, 0.1) is 12.1 Å². The van der Waals surface area contributed by atoms with Crippen molar-refractivity contribution in [2.75, 3.05) is 0 Å². The van der Waals surface area contributed by atoms with Crippen LogP contribution in [0.15, 0.2) is 4.99 Å². The predicted octanol–water partition coefficient (Wildman–Crippen LogP) is -0.447. The first-order valence-corrected chi connectivity index (χ1v) is 3.79. The van der Waals surface area contributed by atoms with E-state index in [2.05, 4.69) is 4.99 Å². The molecular formula is C8H6N4O. The molecule has 64 valence electrons. The second-order valence-electron chi connectivity index (χ2n) is 3.36. The van der Waals surface area contributed by atoms with Gasteiger partial charge in [-0.2, -0.15) is 15.5 Å². The van der Waals surface area contributed by atoms with Crippen molar-refractivity contribution in [1.82, 2.24) is 0 Å². The molecule has 2 aliphatic rings. The molecule has 0 bridgehead atoms. The highest BCUT2D eigenvalue weighted by Crippen LogP contribution is 2.71. The number of carbonyl (C=O) groups excluding carboxylic acids is 1. The summed E-state index contributed by atoms with van der Waals surface area (Å²) >= 11 is 0. The lowest BCUT2D eigenvalue weighted by Gasteiger charge is -1.99. The summed E-state index contributed by atoms with van der Waals surface area (Å²) in [6.45, 7) is 1.67. The van der Waals surface area contributed by atoms with Gasteiger partial charge in [-0.05, 0) is 0 Å². The number of amides is 1. The minimum absolute atomic E-state index is 0.00551. The van der Waals surface area contributed by atoms with E-state index in [4.69, 9.17) is 16.3 Å². The van der Waals surface area contributed by atoms with E-state index in [0.29, 0.717) is 0 Å². The molecule has 0 unspecified atom stereocenters. The summed E-state index contributed by atoms with van der Waals surface area (Å²) in [6, 6.07) is 3.81. The molecule has 1 aliphatic carbocycles. The number of hydrogen-bond donors (Lipinski definition) is 1. The standard InChI is InChI=1S/C8H6N4O/c1-4-7(2-9)5(11)12-6(13)8(4,7)3-10/h4H,1H3,(H2,11,12,13)/t4-,7+,8+/m1/s1. The van der Waals surface area contributed by atoms with Crippen LogP contribution in [-0.4, -0.2) is 11.7 Å². The number of hydrogen-bond acceptors (Lipinski definition) is 4. The lowest BCUT2D eigenvalue weighted by atomic mass is 9.97. The highest BCUT2D eigenvalue weighted by Gasteiger charge is 2.86. The molecule has 1 fully saturated rings. The van der Waals surface area contributed by atoms with Gasteiger partial charge in [-0.1, -0.05) is 6.92 Å². The van der Waals surface area contributed by atoms with Crippen molar-refractivity contribution < 1.29 is 4.79 Å².